The molecule has 0 aromatic heterocycles. The van der Waals surface area contributed by atoms with Gasteiger partial charge in [-0.2, -0.15) is 0 Å². The third-order valence-electron chi connectivity index (χ3n) is 6.53. The Hall–Kier alpha value is -0.0900. The van der Waals surface area contributed by atoms with Gasteiger partial charge in [0.05, 0.1) is 5.75 Å². The summed E-state index contributed by atoms with van der Waals surface area (Å²) in [5.74, 6) is 3.57. The number of nitrogens with one attached hydrogen (secondary N) is 1. The normalized spacial score (nSPS) is 39.6. The second-order valence-corrected chi connectivity index (χ2v) is 10.5. The molecule has 1 N–H and O–H groups in total. The van der Waals surface area contributed by atoms with Gasteiger partial charge in [-0.1, -0.05) is 6.92 Å². The highest BCUT2D eigenvalue weighted by Crippen LogP contribution is 2.61. The van der Waals surface area contributed by atoms with Crippen molar-refractivity contribution in [1.82, 2.24) is 5.32 Å². The average molecular weight is 314 g/mol. The van der Waals surface area contributed by atoms with Gasteiger partial charge in [-0.3, -0.25) is 0 Å². The Morgan fingerprint density at radius 1 is 1.10 bits per heavy atom. The van der Waals surface area contributed by atoms with Crippen molar-refractivity contribution in [1.29, 1.82) is 0 Å². The molecule has 4 bridgehead atoms. The zero-order valence-corrected chi connectivity index (χ0v) is 14.4. The molecule has 4 aliphatic carbocycles. The molecule has 3 nitrogen and oxygen atoms in total. The van der Waals surface area contributed by atoms with Crippen molar-refractivity contribution in [2.45, 2.75) is 64.8 Å². The molecule has 0 saturated heterocycles. The molecule has 0 amide bonds. The Labute approximate surface area is 130 Å². The van der Waals surface area contributed by atoms with Crippen LogP contribution in [0.1, 0.15) is 58.8 Å². The van der Waals surface area contributed by atoms with E-state index in [1.807, 2.05) is 0 Å². The van der Waals surface area contributed by atoms with Crippen LogP contribution in [-0.2, 0) is 9.84 Å². The first kappa shape index (κ1) is 15.8. The average Bonchev–Trinajstić information content (AvgIpc) is 2.42. The minimum Gasteiger partial charge on any atom is -0.314 e. The van der Waals surface area contributed by atoms with Crippen LogP contribution in [0.15, 0.2) is 0 Å². The number of sulfone groups is 1. The summed E-state index contributed by atoms with van der Waals surface area (Å²) in [5, 5.41) is 3.67. The number of hydrogen-bond donors (Lipinski definition) is 1. The first-order valence-electron chi connectivity index (χ1n) is 8.86. The van der Waals surface area contributed by atoms with E-state index in [1.165, 1.54) is 38.5 Å². The van der Waals surface area contributed by atoms with Crippen LogP contribution in [0, 0.1) is 23.2 Å². The van der Waals surface area contributed by atoms with Crippen LogP contribution in [-0.4, -0.2) is 32.5 Å². The fourth-order valence-electron chi connectivity index (χ4n) is 5.68. The van der Waals surface area contributed by atoms with Gasteiger partial charge in [-0.25, -0.2) is 8.42 Å². The Balaban J connectivity index is 1.50. The maximum absolute atomic E-state index is 11.5. The van der Waals surface area contributed by atoms with E-state index in [9.17, 15) is 8.42 Å². The third-order valence-corrected chi connectivity index (χ3v) is 8.32. The van der Waals surface area contributed by atoms with Crippen LogP contribution in [0.25, 0.3) is 0 Å². The van der Waals surface area contributed by atoms with E-state index in [4.69, 9.17) is 0 Å². The van der Waals surface area contributed by atoms with Crippen molar-refractivity contribution in [3.63, 3.8) is 0 Å². The summed E-state index contributed by atoms with van der Waals surface area (Å²) in [7, 11) is -2.80. The summed E-state index contributed by atoms with van der Waals surface area (Å²) in [6.07, 6.45) is 9.47. The summed E-state index contributed by atoms with van der Waals surface area (Å²) in [4.78, 5) is 0. The second kappa shape index (κ2) is 5.84. The van der Waals surface area contributed by atoms with Gasteiger partial charge in [-0.05, 0) is 81.6 Å². The van der Waals surface area contributed by atoms with Crippen LogP contribution in [0.5, 0.6) is 0 Å². The van der Waals surface area contributed by atoms with Gasteiger partial charge in [0.25, 0.3) is 0 Å². The van der Waals surface area contributed by atoms with Gasteiger partial charge in [0.15, 0.2) is 0 Å². The Morgan fingerprint density at radius 2 is 1.62 bits per heavy atom. The van der Waals surface area contributed by atoms with E-state index in [-0.39, 0.29) is 5.75 Å². The standard InChI is InChI=1S/C17H31NO2S/c1-3-21(19,20)6-4-5-18-13(2)17-10-14-7-15(11-17)9-16(8-14)12-17/h13-16,18H,3-12H2,1-2H3. The maximum atomic E-state index is 11.5. The molecular weight excluding hydrogens is 282 g/mol. The van der Waals surface area contributed by atoms with E-state index in [2.05, 4.69) is 12.2 Å². The van der Waals surface area contributed by atoms with E-state index in [1.54, 1.807) is 6.92 Å². The van der Waals surface area contributed by atoms with E-state index < -0.39 is 9.84 Å². The number of hydrogen-bond acceptors (Lipinski definition) is 3. The Kier molecular flexibility index (Phi) is 4.39. The molecule has 0 heterocycles. The minimum absolute atomic E-state index is 0.275. The fourth-order valence-corrected chi connectivity index (χ4v) is 6.55. The molecule has 0 aliphatic heterocycles. The lowest BCUT2D eigenvalue weighted by molar-refractivity contribution is -0.0702. The molecule has 0 spiro atoms. The van der Waals surface area contributed by atoms with Crippen molar-refractivity contribution in [2.75, 3.05) is 18.1 Å². The van der Waals surface area contributed by atoms with Gasteiger partial charge < -0.3 is 5.32 Å². The van der Waals surface area contributed by atoms with Gasteiger partial charge >= 0.3 is 0 Å². The molecule has 4 aliphatic rings. The maximum Gasteiger partial charge on any atom is 0.150 e. The van der Waals surface area contributed by atoms with E-state index in [0.717, 1.165) is 30.7 Å². The first-order chi connectivity index (χ1) is 9.92. The summed E-state index contributed by atoms with van der Waals surface area (Å²) < 4.78 is 23.1. The van der Waals surface area contributed by atoms with Gasteiger partial charge in [-0.15, -0.1) is 0 Å². The zero-order chi connectivity index (χ0) is 15.1. The second-order valence-electron chi connectivity index (χ2n) is 8.05. The summed E-state index contributed by atoms with van der Waals surface area (Å²) in [5.41, 5.74) is 0.526. The highest BCUT2D eigenvalue weighted by atomic mass is 32.2. The van der Waals surface area contributed by atoms with Crippen LogP contribution in [0.3, 0.4) is 0 Å². The Bertz CT molecular complexity index is 436. The highest BCUT2D eigenvalue weighted by molar-refractivity contribution is 7.91. The molecule has 4 fully saturated rings. The summed E-state index contributed by atoms with van der Waals surface area (Å²) >= 11 is 0. The summed E-state index contributed by atoms with van der Waals surface area (Å²) in [6.45, 7) is 4.93. The fraction of sp³-hybridized carbons (Fsp3) is 1.00. The molecular formula is C17H31NO2S. The van der Waals surface area contributed by atoms with Crippen molar-refractivity contribution in [3.05, 3.63) is 0 Å². The zero-order valence-electron chi connectivity index (χ0n) is 13.6. The lowest BCUT2D eigenvalue weighted by Crippen LogP contribution is -2.55. The quantitative estimate of drug-likeness (QED) is 0.735. The van der Waals surface area contributed by atoms with Crippen LogP contribution in [0.4, 0.5) is 0 Å². The van der Waals surface area contributed by atoms with E-state index in [0.29, 0.717) is 17.2 Å². The smallest absolute Gasteiger partial charge is 0.150 e. The predicted molar refractivity (Wildman–Crippen MR) is 87.0 cm³/mol. The largest absolute Gasteiger partial charge is 0.314 e. The molecule has 0 aromatic rings. The van der Waals surface area contributed by atoms with Crippen LogP contribution < -0.4 is 5.32 Å². The number of rotatable bonds is 7. The predicted octanol–water partition coefficient (Wildman–Crippen LogP) is 3.01. The third kappa shape index (κ3) is 3.31. The van der Waals surface area contributed by atoms with Crippen LogP contribution in [0.2, 0.25) is 0 Å². The molecule has 0 aromatic carbocycles. The molecule has 4 heteroatoms. The van der Waals surface area contributed by atoms with E-state index >= 15 is 0 Å². The molecule has 21 heavy (non-hydrogen) atoms. The summed E-state index contributed by atoms with van der Waals surface area (Å²) in [6, 6.07) is 0.551. The van der Waals surface area contributed by atoms with Crippen molar-refractivity contribution >= 4 is 9.84 Å². The van der Waals surface area contributed by atoms with Gasteiger partial charge in [0.1, 0.15) is 9.84 Å². The molecule has 1 atom stereocenters. The van der Waals surface area contributed by atoms with Gasteiger partial charge in [0, 0.05) is 11.8 Å². The first-order valence-corrected chi connectivity index (χ1v) is 10.7. The molecule has 4 rings (SSSR count). The lowest BCUT2D eigenvalue weighted by Gasteiger charge is -2.59. The SMILES string of the molecule is CCS(=O)(=O)CCCNC(C)C12CC3CC(CC(C3)C1)C2. The molecule has 1 unspecified atom stereocenters. The van der Waals surface area contributed by atoms with Crippen molar-refractivity contribution < 1.29 is 8.42 Å². The van der Waals surface area contributed by atoms with Crippen molar-refractivity contribution in [3.8, 4) is 0 Å². The van der Waals surface area contributed by atoms with Crippen LogP contribution >= 0.6 is 0 Å². The molecule has 4 saturated carbocycles. The Morgan fingerprint density at radius 3 is 2.10 bits per heavy atom. The molecule has 122 valence electrons. The molecule has 0 radical (unpaired) electrons. The minimum atomic E-state index is -2.80. The van der Waals surface area contributed by atoms with Gasteiger partial charge in [0.2, 0.25) is 0 Å². The lowest BCUT2D eigenvalue weighted by atomic mass is 9.48. The monoisotopic (exact) mass is 313 g/mol. The highest BCUT2D eigenvalue weighted by Gasteiger charge is 2.52. The van der Waals surface area contributed by atoms with Crippen molar-refractivity contribution in [2.24, 2.45) is 23.2 Å². The topological polar surface area (TPSA) is 46.2 Å².